The molecule has 0 atom stereocenters. The van der Waals surface area contributed by atoms with E-state index in [1.54, 1.807) is 13.2 Å². The summed E-state index contributed by atoms with van der Waals surface area (Å²) in [5.74, 6) is 0.524. The number of hydrogen-bond acceptors (Lipinski definition) is 3. The second-order valence-corrected chi connectivity index (χ2v) is 7.45. The van der Waals surface area contributed by atoms with Gasteiger partial charge in [0.1, 0.15) is 5.82 Å². The van der Waals surface area contributed by atoms with E-state index in [-0.39, 0.29) is 29.8 Å². The fourth-order valence-corrected chi connectivity index (χ4v) is 3.39. The number of rotatable bonds is 8. The van der Waals surface area contributed by atoms with Crippen LogP contribution in [0.5, 0.6) is 0 Å². The summed E-state index contributed by atoms with van der Waals surface area (Å²) in [4.78, 5) is 7.04. The van der Waals surface area contributed by atoms with E-state index in [0.29, 0.717) is 18.2 Å². The number of nitrogens with one attached hydrogen (secondary N) is 2. The van der Waals surface area contributed by atoms with Gasteiger partial charge in [0.25, 0.3) is 0 Å². The summed E-state index contributed by atoms with van der Waals surface area (Å²) in [6.45, 7) is 7.23. The molecule has 27 heavy (non-hydrogen) atoms. The Balaban J connectivity index is 0.00000364. The number of methoxy groups -OCH3 is 1. The SMILES string of the molecule is CCNC(=NCc1ccc(Br)cc1F)NC1CCN(CCCOC)CC1.I. The van der Waals surface area contributed by atoms with Crippen LogP contribution < -0.4 is 10.6 Å². The number of ether oxygens (including phenoxy) is 1. The predicted molar refractivity (Wildman–Crippen MR) is 123 cm³/mol. The molecule has 0 saturated carbocycles. The van der Waals surface area contributed by atoms with Crippen LogP contribution in [0.15, 0.2) is 27.7 Å². The van der Waals surface area contributed by atoms with E-state index in [1.165, 1.54) is 6.07 Å². The van der Waals surface area contributed by atoms with Crippen LogP contribution in [-0.4, -0.2) is 56.8 Å². The maximum absolute atomic E-state index is 14.0. The van der Waals surface area contributed by atoms with Gasteiger partial charge in [-0.25, -0.2) is 9.38 Å². The Kier molecular flexibility index (Phi) is 12.5. The summed E-state index contributed by atoms with van der Waals surface area (Å²) >= 11 is 3.28. The van der Waals surface area contributed by atoms with Crippen LogP contribution in [0.2, 0.25) is 0 Å². The Morgan fingerprint density at radius 1 is 1.37 bits per heavy atom. The molecule has 0 unspecified atom stereocenters. The number of hydrogen-bond donors (Lipinski definition) is 2. The molecule has 0 amide bonds. The average molecular weight is 557 g/mol. The topological polar surface area (TPSA) is 48.9 Å². The fraction of sp³-hybridized carbons (Fsp3) is 0.632. The monoisotopic (exact) mass is 556 g/mol. The van der Waals surface area contributed by atoms with Crippen molar-refractivity contribution < 1.29 is 9.13 Å². The molecule has 0 spiro atoms. The van der Waals surface area contributed by atoms with E-state index < -0.39 is 0 Å². The lowest BCUT2D eigenvalue weighted by Crippen LogP contribution is -2.48. The van der Waals surface area contributed by atoms with Gasteiger partial charge in [-0.15, -0.1) is 24.0 Å². The third-order valence-corrected chi connectivity index (χ3v) is 5.01. The highest BCUT2D eigenvalue weighted by atomic mass is 127. The van der Waals surface area contributed by atoms with Gasteiger partial charge >= 0.3 is 0 Å². The summed E-state index contributed by atoms with van der Waals surface area (Å²) in [6, 6.07) is 5.49. The zero-order chi connectivity index (χ0) is 18.8. The van der Waals surface area contributed by atoms with Crippen molar-refractivity contribution in [3.05, 3.63) is 34.1 Å². The normalized spacial score (nSPS) is 16.1. The van der Waals surface area contributed by atoms with E-state index in [4.69, 9.17) is 4.74 Å². The summed E-state index contributed by atoms with van der Waals surface area (Å²) in [5, 5.41) is 6.76. The van der Waals surface area contributed by atoms with Crippen molar-refractivity contribution in [3.8, 4) is 0 Å². The molecule has 8 heteroatoms. The van der Waals surface area contributed by atoms with Gasteiger partial charge in [-0.2, -0.15) is 0 Å². The minimum Gasteiger partial charge on any atom is -0.385 e. The second kappa shape index (κ2) is 13.7. The third-order valence-electron chi connectivity index (χ3n) is 4.52. The molecule has 0 aliphatic carbocycles. The lowest BCUT2D eigenvalue weighted by molar-refractivity contribution is 0.155. The molecule has 1 aromatic rings. The molecule has 2 N–H and O–H groups in total. The highest BCUT2D eigenvalue weighted by molar-refractivity contribution is 14.0. The van der Waals surface area contributed by atoms with Crippen molar-refractivity contribution in [1.29, 1.82) is 0 Å². The summed E-state index contributed by atoms with van der Waals surface area (Å²) in [7, 11) is 1.75. The molecule has 0 aromatic heterocycles. The first-order valence-corrected chi connectivity index (χ1v) is 10.1. The van der Waals surface area contributed by atoms with Gasteiger partial charge in [0.05, 0.1) is 6.54 Å². The first kappa shape index (κ1) is 24.6. The van der Waals surface area contributed by atoms with Crippen molar-refractivity contribution in [2.75, 3.05) is 39.9 Å². The van der Waals surface area contributed by atoms with Crippen LogP contribution in [-0.2, 0) is 11.3 Å². The first-order valence-electron chi connectivity index (χ1n) is 9.32. The van der Waals surface area contributed by atoms with Gasteiger partial charge in [-0.1, -0.05) is 22.0 Å². The molecule has 5 nitrogen and oxygen atoms in total. The van der Waals surface area contributed by atoms with Crippen molar-refractivity contribution in [1.82, 2.24) is 15.5 Å². The largest absolute Gasteiger partial charge is 0.385 e. The van der Waals surface area contributed by atoms with Crippen molar-refractivity contribution in [3.63, 3.8) is 0 Å². The van der Waals surface area contributed by atoms with Crippen molar-refractivity contribution in [2.45, 2.75) is 38.8 Å². The van der Waals surface area contributed by atoms with E-state index in [2.05, 4.69) is 36.5 Å². The molecule has 1 saturated heterocycles. The molecule has 1 fully saturated rings. The number of piperidine rings is 1. The van der Waals surface area contributed by atoms with Gasteiger partial charge in [0.2, 0.25) is 0 Å². The van der Waals surface area contributed by atoms with Gasteiger partial charge < -0.3 is 20.3 Å². The maximum Gasteiger partial charge on any atom is 0.191 e. The second-order valence-electron chi connectivity index (χ2n) is 6.54. The van der Waals surface area contributed by atoms with Gasteiger partial charge in [-0.3, -0.25) is 0 Å². The Labute approximate surface area is 187 Å². The Hall–Kier alpha value is -0.450. The van der Waals surface area contributed by atoms with Crippen molar-refractivity contribution in [2.24, 2.45) is 4.99 Å². The number of halogens is 3. The van der Waals surface area contributed by atoms with Gasteiger partial charge in [0.15, 0.2) is 5.96 Å². The van der Waals surface area contributed by atoms with Crippen LogP contribution in [0, 0.1) is 5.82 Å². The predicted octanol–water partition coefficient (Wildman–Crippen LogP) is 3.76. The molecule has 0 radical (unpaired) electrons. The lowest BCUT2D eigenvalue weighted by atomic mass is 10.1. The maximum atomic E-state index is 14.0. The standard InChI is InChI=1S/C19H30BrFN4O.HI/c1-3-22-19(23-14-15-5-6-16(20)13-18(15)21)24-17-7-10-25(11-8-17)9-4-12-26-2;/h5-6,13,17H,3-4,7-12,14H2,1-2H3,(H2,22,23,24);1H. The van der Waals surface area contributed by atoms with E-state index in [9.17, 15) is 4.39 Å². The molecule has 1 aromatic carbocycles. The summed E-state index contributed by atoms with van der Waals surface area (Å²) in [5.41, 5.74) is 0.596. The van der Waals surface area contributed by atoms with Gasteiger partial charge in [0, 0.05) is 56.0 Å². The summed E-state index contributed by atoms with van der Waals surface area (Å²) < 4.78 is 19.8. The molecular weight excluding hydrogens is 526 g/mol. The smallest absolute Gasteiger partial charge is 0.191 e. The lowest BCUT2D eigenvalue weighted by Gasteiger charge is -2.33. The van der Waals surface area contributed by atoms with Crippen LogP contribution in [0.3, 0.4) is 0 Å². The number of likely N-dealkylation sites (tertiary alicyclic amines) is 1. The van der Waals surface area contributed by atoms with E-state index in [0.717, 1.165) is 62.5 Å². The molecule has 1 heterocycles. The highest BCUT2D eigenvalue weighted by Crippen LogP contribution is 2.16. The molecular formula is C19H31BrFIN4O. The number of nitrogens with zero attached hydrogens (tertiary/aromatic N) is 2. The Bertz CT molecular complexity index is 583. The fourth-order valence-electron chi connectivity index (χ4n) is 3.06. The van der Waals surface area contributed by atoms with Crippen LogP contribution >= 0.6 is 39.9 Å². The Morgan fingerprint density at radius 3 is 2.74 bits per heavy atom. The van der Waals surface area contributed by atoms with Crippen LogP contribution in [0.1, 0.15) is 31.7 Å². The molecule has 0 bridgehead atoms. The zero-order valence-electron chi connectivity index (χ0n) is 16.1. The average Bonchev–Trinajstić information content (AvgIpc) is 2.62. The molecule has 1 aliphatic rings. The minimum atomic E-state index is -0.233. The first-order chi connectivity index (χ1) is 12.6. The number of benzene rings is 1. The van der Waals surface area contributed by atoms with E-state index in [1.807, 2.05) is 13.0 Å². The molecule has 154 valence electrons. The van der Waals surface area contributed by atoms with Gasteiger partial charge in [-0.05, 0) is 38.3 Å². The number of guanidine groups is 1. The number of aliphatic imine (C=N–C) groups is 1. The molecule has 2 rings (SSSR count). The molecule has 1 aliphatic heterocycles. The third kappa shape index (κ3) is 9.06. The van der Waals surface area contributed by atoms with Crippen LogP contribution in [0.4, 0.5) is 4.39 Å². The minimum absolute atomic E-state index is 0. The zero-order valence-corrected chi connectivity index (χ0v) is 20.1. The highest BCUT2D eigenvalue weighted by Gasteiger charge is 2.19. The van der Waals surface area contributed by atoms with E-state index >= 15 is 0 Å². The van der Waals surface area contributed by atoms with Crippen LogP contribution in [0.25, 0.3) is 0 Å². The van der Waals surface area contributed by atoms with Crippen molar-refractivity contribution >= 4 is 45.9 Å². The Morgan fingerprint density at radius 2 is 2.11 bits per heavy atom. The summed E-state index contributed by atoms with van der Waals surface area (Å²) in [6.07, 6.45) is 3.26. The quantitative estimate of drug-likeness (QED) is 0.221.